The molecule has 16 heavy (non-hydrogen) atoms. The van der Waals surface area contributed by atoms with Crippen LogP contribution in [0.5, 0.6) is 0 Å². The smallest absolute Gasteiger partial charge is 0.310 e. The fourth-order valence-corrected chi connectivity index (χ4v) is 1.97. The lowest BCUT2D eigenvalue weighted by Gasteiger charge is -2.43. The number of halogens is 5. The zero-order valence-electron chi connectivity index (χ0n) is 7.67. The summed E-state index contributed by atoms with van der Waals surface area (Å²) in [4.78, 5) is 8.80. The molecule has 0 bridgehead atoms. The van der Waals surface area contributed by atoms with Gasteiger partial charge in [0, 0.05) is 0 Å². The summed E-state index contributed by atoms with van der Waals surface area (Å²) in [5.74, 6) is 0. The van der Waals surface area contributed by atoms with Gasteiger partial charge >= 0.3 is 10.2 Å². The molecule has 0 aromatic carbocycles. The highest BCUT2D eigenvalue weighted by Gasteiger charge is 2.66. The molecular weight excluding hydrogens is 273 g/mol. The van der Waals surface area contributed by atoms with Gasteiger partial charge in [-0.3, -0.25) is 4.79 Å². The van der Waals surface area contributed by atoms with Crippen molar-refractivity contribution in [3.8, 4) is 0 Å². The van der Waals surface area contributed by atoms with Gasteiger partial charge in [0.15, 0.2) is 0 Å². The highest BCUT2D eigenvalue weighted by Crippen LogP contribution is 3.02. The van der Waals surface area contributed by atoms with Gasteiger partial charge in [0.1, 0.15) is 10.4 Å². The molecule has 0 aromatic heterocycles. The lowest BCUT2D eigenvalue weighted by Crippen LogP contribution is -2.44. The first kappa shape index (κ1) is 13.5. The minimum Gasteiger partial charge on any atom is -0.315 e. The van der Waals surface area contributed by atoms with Crippen LogP contribution in [0, 0.1) is 0 Å². The van der Waals surface area contributed by atoms with Gasteiger partial charge in [0.05, 0.1) is 0 Å². The number of carbonyl (C=O) groups excluding carboxylic acids is 1. The second-order valence-electron chi connectivity index (χ2n) is 3.46. The summed E-state index contributed by atoms with van der Waals surface area (Å²) in [6, 6.07) is 0. The van der Waals surface area contributed by atoms with E-state index in [4.69, 9.17) is 5.73 Å². The zero-order valence-corrected chi connectivity index (χ0v) is 9.38. The Morgan fingerprint density at radius 1 is 1.38 bits per heavy atom. The SMILES string of the molecule is NC1(C(=O)S)C=CC(S(F)(F)(F)(F)F)=CC1. The maximum atomic E-state index is 12.3. The van der Waals surface area contributed by atoms with Crippen molar-refractivity contribution < 1.29 is 24.2 Å². The number of nitrogens with two attached hydrogens (primary N) is 1. The number of carbonyl (C=O) groups is 1. The minimum absolute atomic E-state index is 0.124. The van der Waals surface area contributed by atoms with Crippen molar-refractivity contribution in [1.29, 1.82) is 0 Å². The highest BCUT2D eigenvalue weighted by molar-refractivity contribution is 8.48. The Morgan fingerprint density at radius 3 is 2.12 bits per heavy atom. The van der Waals surface area contributed by atoms with E-state index in [9.17, 15) is 24.2 Å². The first-order valence-corrected chi connectivity index (χ1v) is 6.30. The van der Waals surface area contributed by atoms with Gasteiger partial charge in [0.25, 0.3) is 0 Å². The predicted octanol–water partition coefficient (Wildman–Crippen LogP) is 3.28. The van der Waals surface area contributed by atoms with Gasteiger partial charge in [-0.25, -0.2) is 0 Å². The standard InChI is InChI=1S/C7H8F5NOS2/c8-16(9,10,11,12)5-1-3-7(13,4-2-5)6(14)15/h1-3H,4,13H2,(H,14,15). The van der Waals surface area contributed by atoms with E-state index in [0.717, 1.165) is 0 Å². The molecule has 9 heteroatoms. The van der Waals surface area contributed by atoms with E-state index in [0.29, 0.717) is 6.08 Å². The molecule has 1 aliphatic rings. The van der Waals surface area contributed by atoms with E-state index < -0.39 is 32.2 Å². The normalized spacial score (nSPS) is 30.3. The molecule has 0 radical (unpaired) electrons. The summed E-state index contributed by atoms with van der Waals surface area (Å²) >= 11 is 3.37. The van der Waals surface area contributed by atoms with E-state index in [2.05, 4.69) is 12.6 Å². The van der Waals surface area contributed by atoms with E-state index in [1.807, 2.05) is 0 Å². The molecular formula is C7H8F5NOS2. The lowest BCUT2D eigenvalue weighted by atomic mass is 9.94. The van der Waals surface area contributed by atoms with Crippen molar-refractivity contribution in [3.05, 3.63) is 23.1 Å². The van der Waals surface area contributed by atoms with E-state index in [1.54, 1.807) is 0 Å². The summed E-state index contributed by atoms with van der Waals surface area (Å²) in [7, 11) is -9.67. The number of hydrogen-bond acceptors (Lipinski definition) is 2. The maximum Gasteiger partial charge on any atom is 0.310 e. The second-order valence-corrected chi connectivity index (χ2v) is 6.27. The van der Waals surface area contributed by atoms with Crippen molar-refractivity contribution in [2.45, 2.75) is 12.0 Å². The van der Waals surface area contributed by atoms with Crippen LogP contribution in [0.2, 0.25) is 0 Å². The number of hydrogen-bond donors (Lipinski definition) is 2. The number of rotatable bonds is 2. The molecule has 0 spiro atoms. The molecule has 0 aromatic rings. The van der Waals surface area contributed by atoms with Gasteiger partial charge in [-0.1, -0.05) is 31.6 Å². The van der Waals surface area contributed by atoms with Crippen LogP contribution in [-0.2, 0) is 4.79 Å². The molecule has 0 aliphatic heterocycles. The first-order valence-electron chi connectivity index (χ1n) is 3.90. The molecule has 0 heterocycles. The van der Waals surface area contributed by atoms with Gasteiger partial charge in [-0.05, 0) is 12.5 Å². The molecule has 2 nitrogen and oxygen atoms in total. The zero-order chi connectivity index (χ0) is 12.9. The van der Waals surface area contributed by atoms with Crippen LogP contribution < -0.4 is 5.73 Å². The lowest BCUT2D eigenvalue weighted by molar-refractivity contribution is -0.113. The largest absolute Gasteiger partial charge is 0.315 e. The Kier molecular flexibility index (Phi) is 2.39. The third kappa shape index (κ3) is 2.77. The van der Waals surface area contributed by atoms with E-state index in [-0.39, 0.29) is 12.2 Å². The van der Waals surface area contributed by atoms with Crippen LogP contribution in [0.4, 0.5) is 19.4 Å². The van der Waals surface area contributed by atoms with Gasteiger partial charge in [-0.2, -0.15) is 0 Å². The van der Waals surface area contributed by atoms with Crippen molar-refractivity contribution in [2.75, 3.05) is 0 Å². The Morgan fingerprint density at radius 2 is 1.88 bits per heavy atom. The van der Waals surface area contributed by atoms with Gasteiger partial charge < -0.3 is 5.73 Å². The van der Waals surface area contributed by atoms with Crippen molar-refractivity contribution in [2.24, 2.45) is 5.73 Å². The molecule has 1 atom stereocenters. The third-order valence-electron chi connectivity index (χ3n) is 2.03. The predicted molar refractivity (Wildman–Crippen MR) is 55.9 cm³/mol. The van der Waals surface area contributed by atoms with Crippen LogP contribution in [0.3, 0.4) is 0 Å². The molecule has 1 aliphatic carbocycles. The Bertz CT molecular complexity index is 411. The average molecular weight is 281 g/mol. The Balaban J connectivity index is 3.12. The summed E-state index contributed by atoms with van der Waals surface area (Å²) in [6.45, 7) is 0. The third-order valence-corrected chi connectivity index (χ3v) is 3.64. The van der Waals surface area contributed by atoms with E-state index in [1.165, 1.54) is 0 Å². The van der Waals surface area contributed by atoms with Crippen molar-refractivity contribution in [3.63, 3.8) is 0 Å². The Hall–Kier alpha value is -0.540. The number of thiol groups is 1. The van der Waals surface area contributed by atoms with Crippen LogP contribution in [0.25, 0.3) is 0 Å². The molecule has 0 amide bonds. The molecule has 94 valence electrons. The molecule has 0 saturated heterocycles. The molecule has 1 rings (SSSR count). The summed E-state index contributed by atoms with van der Waals surface area (Å²) in [5, 5.41) is -0.888. The quantitative estimate of drug-likeness (QED) is 0.602. The van der Waals surface area contributed by atoms with Crippen LogP contribution in [0.1, 0.15) is 6.42 Å². The molecule has 0 saturated carbocycles. The van der Waals surface area contributed by atoms with Crippen LogP contribution in [-0.4, -0.2) is 10.7 Å². The van der Waals surface area contributed by atoms with E-state index >= 15 is 0 Å². The van der Waals surface area contributed by atoms with Gasteiger partial charge in [-0.15, -0.1) is 12.6 Å². The summed E-state index contributed by atoms with van der Waals surface area (Å²) in [6.07, 6.45) is 0.275. The second kappa shape index (κ2) is 2.82. The maximum absolute atomic E-state index is 12.3. The number of allylic oxidation sites excluding steroid dienone is 1. The fraction of sp³-hybridized carbons (Fsp3) is 0.286. The summed E-state index contributed by atoms with van der Waals surface area (Å²) in [5.41, 5.74) is 3.58. The summed E-state index contributed by atoms with van der Waals surface area (Å²) < 4.78 is 61.4. The van der Waals surface area contributed by atoms with Crippen molar-refractivity contribution in [1.82, 2.24) is 0 Å². The topological polar surface area (TPSA) is 43.1 Å². The first-order chi connectivity index (χ1) is 6.74. The monoisotopic (exact) mass is 281 g/mol. The van der Waals surface area contributed by atoms with Crippen LogP contribution in [0.15, 0.2) is 23.1 Å². The average Bonchev–Trinajstić information content (AvgIpc) is 2.00. The fourth-order valence-electron chi connectivity index (χ4n) is 1.08. The minimum atomic E-state index is -9.67. The van der Waals surface area contributed by atoms with Crippen molar-refractivity contribution >= 4 is 28.0 Å². The molecule has 1 unspecified atom stereocenters. The molecule has 2 N–H and O–H groups in total. The Labute approximate surface area is 93.5 Å². The molecule has 0 fully saturated rings. The van der Waals surface area contributed by atoms with Crippen LogP contribution >= 0.6 is 22.9 Å². The highest BCUT2D eigenvalue weighted by atomic mass is 32.5. The van der Waals surface area contributed by atoms with Gasteiger partial charge in [0.2, 0.25) is 5.12 Å².